The van der Waals surface area contributed by atoms with Gasteiger partial charge in [0.05, 0.1) is 11.5 Å². The van der Waals surface area contributed by atoms with E-state index in [1.54, 1.807) is 42.5 Å². The lowest BCUT2D eigenvalue weighted by molar-refractivity contribution is -0.147. The highest BCUT2D eigenvalue weighted by molar-refractivity contribution is 8.18. The number of hydrogen-bond donors (Lipinski definition) is 0. The van der Waals surface area contributed by atoms with Crippen molar-refractivity contribution in [2.75, 3.05) is 13.2 Å². The van der Waals surface area contributed by atoms with Crippen LogP contribution in [0.15, 0.2) is 53.4 Å². The Kier molecular flexibility index (Phi) is 7.46. The summed E-state index contributed by atoms with van der Waals surface area (Å²) >= 11 is 0.744. The minimum absolute atomic E-state index is 0.0146. The molecule has 1 saturated heterocycles. The number of ether oxygens (including phenoxy) is 2. The van der Waals surface area contributed by atoms with Gasteiger partial charge in [0, 0.05) is 11.1 Å². The third kappa shape index (κ3) is 5.95. The normalized spacial score (nSPS) is 15.1. The number of hydrogen-bond acceptors (Lipinski definition) is 6. The molecule has 0 N–H and O–H groups in total. The van der Waals surface area contributed by atoms with Crippen molar-refractivity contribution in [3.8, 4) is 5.75 Å². The molecule has 2 aromatic rings. The zero-order valence-corrected chi connectivity index (χ0v) is 18.0. The van der Waals surface area contributed by atoms with Gasteiger partial charge in [0.1, 0.15) is 24.7 Å². The maximum Gasteiger partial charge on any atom is 0.326 e. The summed E-state index contributed by atoms with van der Waals surface area (Å²) in [7, 11) is 0. The molecule has 31 heavy (non-hydrogen) atoms. The van der Waals surface area contributed by atoms with Crippen molar-refractivity contribution in [2.45, 2.75) is 20.5 Å². The summed E-state index contributed by atoms with van der Waals surface area (Å²) in [5, 5.41) is -0.539. The molecule has 0 spiro atoms. The molecule has 1 heterocycles. The van der Waals surface area contributed by atoms with Gasteiger partial charge in [-0.2, -0.15) is 0 Å². The van der Waals surface area contributed by atoms with Gasteiger partial charge >= 0.3 is 5.97 Å². The smallest absolute Gasteiger partial charge is 0.326 e. The molecule has 1 aliphatic rings. The maximum absolute atomic E-state index is 13.8. The van der Waals surface area contributed by atoms with Gasteiger partial charge in [0.25, 0.3) is 11.1 Å². The van der Waals surface area contributed by atoms with Crippen LogP contribution in [0.3, 0.4) is 0 Å². The van der Waals surface area contributed by atoms with E-state index in [1.165, 1.54) is 12.1 Å². The van der Waals surface area contributed by atoms with Crippen molar-refractivity contribution < 1.29 is 28.2 Å². The zero-order chi connectivity index (χ0) is 22.4. The molecule has 6 nitrogen and oxygen atoms in total. The van der Waals surface area contributed by atoms with Gasteiger partial charge in [0.2, 0.25) is 0 Å². The van der Waals surface area contributed by atoms with Gasteiger partial charge in [-0.05, 0) is 35.9 Å². The van der Waals surface area contributed by atoms with Crippen molar-refractivity contribution in [3.63, 3.8) is 0 Å². The summed E-state index contributed by atoms with van der Waals surface area (Å²) in [4.78, 5) is 37.8. The number of carbonyl (C=O) groups excluding carboxylic acids is 3. The quantitative estimate of drug-likeness (QED) is 0.437. The first-order valence-electron chi connectivity index (χ1n) is 9.71. The molecule has 0 saturated carbocycles. The fourth-order valence-electron chi connectivity index (χ4n) is 2.71. The summed E-state index contributed by atoms with van der Waals surface area (Å²) in [5.74, 6) is -0.981. The van der Waals surface area contributed by atoms with Crippen LogP contribution in [-0.2, 0) is 20.9 Å². The monoisotopic (exact) mass is 443 g/mol. The molecule has 0 aromatic heterocycles. The second-order valence-electron chi connectivity index (χ2n) is 7.26. The van der Waals surface area contributed by atoms with Gasteiger partial charge in [-0.15, -0.1) is 0 Å². The van der Waals surface area contributed by atoms with E-state index < -0.39 is 23.7 Å². The molecule has 0 aliphatic carbocycles. The predicted octanol–water partition coefficient (Wildman–Crippen LogP) is 4.64. The maximum atomic E-state index is 13.8. The average Bonchev–Trinajstić information content (AvgIpc) is 3.00. The number of rotatable bonds is 8. The number of amides is 2. The third-order valence-electron chi connectivity index (χ3n) is 4.29. The van der Waals surface area contributed by atoms with Crippen molar-refractivity contribution in [1.29, 1.82) is 0 Å². The first-order chi connectivity index (χ1) is 14.8. The molecule has 3 rings (SSSR count). The topological polar surface area (TPSA) is 72.9 Å². The Labute approximate surface area is 184 Å². The van der Waals surface area contributed by atoms with Gasteiger partial charge in [-0.1, -0.05) is 50.2 Å². The third-order valence-corrected chi connectivity index (χ3v) is 5.19. The van der Waals surface area contributed by atoms with E-state index in [1.807, 2.05) is 13.8 Å². The van der Waals surface area contributed by atoms with E-state index in [9.17, 15) is 18.8 Å². The van der Waals surface area contributed by atoms with E-state index in [-0.39, 0.29) is 29.9 Å². The number of halogens is 1. The second kappa shape index (κ2) is 10.3. The van der Waals surface area contributed by atoms with Crippen molar-refractivity contribution in [2.24, 2.45) is 5.92 Å². The lowest BCUT2D eigenvalue weighted by Crippen LogP contribution is -2.34. The Bertz CT molecular complexity index is 1020. The molecule has 2 amide bonds. The highest BCUT2D eigenvalue weighted by Crippen LogP contribution is 2.34. The summed E-state index contributed by atoms with van der Waals surface area (Å²) in [6.45, 7) is 3.59. The van der Waals surface area contributed by atoms with Crippen molar-refractivity contribution >= 4 is 35.0 Å². The lowest BCUT2D eigenvalue weighted by atomic mass is 10.1. The summed E-state index contributed by atoms with van der Waals surface area (Å²) in [6, 6.07) is 13.2. The first kappa shape index (κ1) is 22.6. The summed E-state index contributed by atoms with van der Waals surface area (Å²) in [6.07, 6.45) is 1.53. The van der Waals surface area contributed by atoms with Gasteiger partial charge in [-0.3, -0.25) is 19.3 Å². The van der Waals surface area contributed by atoms with Crippen molar-refractivity contribution in [3.05, 3.63) is 70.4 Å². The molecule has 0 radical (unpaired) electrons. The lowest BCUT2D eigenvalue weighted by Gasteiger charge is -2.13. The summed E-state index contributed by atoms with van der Waals surface area (Å²) < 4.78 is 24.6. The molecule has 0 bridgehead atoms. The molecule has 0 unspecified atom stereocenters. The van der Waals surface area contributed by atoms with E-state index in [0.717, 1.165) is 16.7 Å². The van der Waals surface area contributed by atoms with E-state index in [0.29, 0.717) is 16.9 Å². The number of carbonyl (C=O) groups is 3. The van der Waals surface area contributed by atoms with Crippen LogP contribution in [-0.4, -0.2) is 35.2 Å². The average molecular weight is 443 g/mol. The number of thioether (sulfide) groups is 1. The molecular weight excluding hydrogens is 421 g/mol. The molecule has 2 aromatic carbocycles. The highest BCUT2D eigenvalue weighted by Gasteiger charge is 2.36. The second-order valence-corrected chi connectivity index (χ2v) is 8.26. The molecular formula is C23H22FNO5S. The predicted molar refractivity (Wildman–Crippen MR) is 116 cm³/mol. The Morgan fingerprint density at radius 1 is 1.13 bits per heavy atom. The Morgan fingerprint density at radius 2 is 1.84 bits per heavy atom. The van der Waals surface area contributed by atoms with Crippen LogP contribution in [0.4, 0.5) is 9.18 Å². The molecule has 1 aliphatic heterocycles. The first-order valence-corrected chi connectivity index (χ1v) is 10.5. The van der Waals surface area contributed by atoms with E-state index in [2.05, 4.69) is 0 Å². The van der Waals surface area contributed by atoms with Crippen LogP contribution >= 0.6 is 11.8 Å². The van der Waals surface area contributed by atoms with Gasteiger partial charge in [-0.25, -0.2) is 4.39 Å². The van der Waals surface area contributed by atoms with Crippen LogP contribution in [0.25, 0.3) is 6.08 Å². The SMILES string of the molecule is CC(C)COC(=O)CN1C(=O)S/C(=C/c2ccccc2OCc2ccccc2F)C1=O. The van der Waals surface area contributed by atoms with Crippen LogP contribution in [0.5, 0.6) is 5.75 Å². The van der Waals surface area contributed by atoms with Crippen LogP contribution in [0.2, 0.25) is 0 Å². The van der Waals surface area contributed by atoms with Crippen LogP contribution in [0, 0.1) is 11.7 Å². The number of para-hydroxylation sites is 1. The van der Waals surface area contributed by atoms with Crippen molar-refractivity contribution in [1.82, 2.24) is 4.90 Å². The van der Waals surface area contributed by atoms with Crippen LogP contribution in [0.1, 0.15) is 25.0 Å². The number of nitrogens with zero attached hydrogens (tertiary/aromatic N) is 1. The molecule has 8 heteroatoms. The highest BCUT2D eigenvalue weighted by atomic mass is 32.2. The van der Waals surface area contributed by atoms with E-state index >= 15 is 0 Å². The standard InChI is InChI=1S/C23H22FNO5S/c1-15(2)13-30-21(26)12-25-22(27)20(31-23(25)28)11-16-7-4-6-10-19(16)29-14-17-8-3-5-9-18(17)24/h3-11,15H,12-14H2,1-2H3/b20-11+. The molecule has 1 fully saturated rings. The van der Waals surface area contributed by atoms with Crippen LogP contribution < -0.4 is 4.74 Å². The Balaban J connectivity index is 1.72. The zero-order valence-electron chi connectivity index (χ0n) is 17.2. The van der Waals surface area contributed by atoms with Gasteiger partial charge in [0.15, 0.2) is 0 Å². The number of esters is 1. The fourth-order valence-corrected chi connectivity index (χ4v) is 3.54. The Hall–Kier alpha value is -3.13. The minimum atomic E-state index is -0.633. The number of benzene rings is 2. The van der Waals surface area contributed by atoms with Gasteiger partial charge < -0.3 is 9.47 Å². The minimum Gasteiger partial charge on any atom is -0.488 e. The Morgan fingerprint density at radius 3 is 2.58 bits per heavy atom. The molecule has 0 atom stereocenters. The molecule has 162 valence electrons. The summed E-state index contributed by atoms with van der Waals surface area (Å²) in [5.41, 5.74) is 0.962. The largest absolute Gasteiger partial charge is 0.488 e. The number of imide groups is 1. The fraction of sp³-hybridized carbons (Fsp3) is 0.261. The van der Waals surface area contributed by atoms with E-state index in [4.69, 9.17) is 9.47 Å².